The minimum atomic E-state index is -0.435. The van der Waals surface area contributed by atoms with Gasteiger partial charge in [0.25, 0.3) is 11.8 Å². The van der Waals surface area contributed by atoms with Crippen LogP contribution in [0.5, 0.6) is 11.5 Å². The van der Waals surface area contributed by atoms with Crippen molar-refractivity contribution in [1.82, 2.24) is 10.9 Å². The molecule has 31 heavy (non-hydrogen) atoms. The largest absolute Gasteiger partial charge is 0.494 e. The molecule has 0 bridgehead atoms. The van der Waals surface area contributed by atoms with Crippen LogP contribution in [-0.2, 0) is 4.79 Å². The number of ether oxygens (including phenoxy) is 2. The summed E-state index contributed by atoms with van der Waals surface area (Å²) in [4.78, 5) is 24.3. The van der Waals surface area contributed by atoms with Crippen LogP contribution in [0.4, 0.5) is 0 Å². The standard InChI is InChI=1S/C25H34N2O4/c1-4-5-6-7-10-17-30-21-15-13-20(14-16-21)25(29)27-26-24(28)18-31-23-12-9-8-11-22(23)19(2)3/h8-9,11-16,19H,4-7,10,17-18H2,1-3H3,(H,26,28)(H,27,29). The first-order valence-corrected chi connectivity index (χ1v) is 11.0. The number of hydrazine groups is 1. The lowest BCUT2D eigenvalue weighted by molar-refractivity contribution is -0.123. The Hall–Kier alpha value is -3.02. The number of unbranched alkanes of at least 4 members (excludes halogenated alkanes) is 4. The molecule has 0 aliphatic heterocycles. The van der Waals surface area contributed by atoms with Crippen LogP contribution in [0.2, 0.25) is 0 Å². The number of benzene rings is 2. The van der Waals surface area contributed by atoms with Crippen molar-refractivity contribution in [2.75, 3.05) is 13.2 Å². The third kappa shape index (κ3) is 8.70. The molecule has 0 unspecified atom stereocenters. The fraction of sp³-hybridized carbons (Fsp3) is 0.440. The molecule has 0 spiro atoms. The quantitative estimate of drug-likeness (QED) is 0.370. The van der Waals surface area contributed by atoms with Gasteiger partial charge < -0.3 is 9.47 Å². The van der Waals surface area contributed by atoms with E-state index >= 15 is 0 Å². The van der Waals surface area contributed by atoms with Gasteiger partial charge >= 0.3 is 0 Å². The molecule has 0 aliphatic carbocycles. The molecule has 0 saturated heterocycles. The van der Waals surface area contributed by atoms with Gasteiger partial charge in [-0.05, 0) is 48.2 Å². The van der Waals surface area contributed by atoms with E-state index in [9.17, 15) is 9.59 Å². The summed E-state index contributed by atoms with van der Waals surface area (Å²) in [5, 5.41) is 0. The van der Waals surface area contributed by atoms with E-state index in [-0.39, 0.29) is 12.5 Å². The second-order valence-corrected chi connectivity index (χ2v) is 7.77. The van der Waals surface area contributed by atoms with Crippen LogP contribution in [0.15, 0.2) is 48.5 Å². The van der Waals surface area contributed by atoms with Crippen molar-refractivity contribution in [1.29, 1.82) is 0 Å². The van der Waals surface area contributed by atoms with Gasteiger partial charge in [-0.2, -0.15) is 0 Å². The first-order chi connectivity index (χ1) is 15.0. The highest BCUT2D eigenvalue weighted by molar-refractivity contribution is 5.95. The highest BCUT2D eigenvalue weighted by Crippen LogP contribution is 2.25. The van der Waals surface area contributed by atoms with Crippen molar-refractivity contribution in [2.45, 2.75) is 58.8 Å². The zero-order valence-electron chi connectivity index (χ0n) is 18.8. The minimum absolute atomic E-state index is 0.185. The number of rotatable bonds is 12. The Bertz CT molecular complexity index is 819. The molecule has 0 radical (unpaired) electrons. The van der Waals surface area contributed by atoms with Crippen molar-refractivity contribution in [3.63, 3.8) is 0 Å². The Balaban J connectivity index is 1.71. The lowest BCUT2D eigenvalue weighted by Crippen LogP contribution is -2.43. The molecule has 2 amide bonds. The van der Waals surface area contributed by atoms with Gasteiger partial charge in [0.1, 0.15) is 11.5 Å². The third-order valence-electron chi connectivity index (χ3n) is 4.85. The zero-order valence-corrected chi connectivity index (χ0v) is 18.8. The fourth-order valence-corrected chi connectivity index (χ4v) is 3.07. The lowest BCUT2D eigenvalue weighted by atomic mass is 10.0. The normalized spacial score (nSPS) is 10.6. The summed E-state index contributed by atoms with van der Waals surface area (Å²) in [6.45, 7) is 6.81. The zero-order chi connectivity index (χ0) is 22.5. The second-order valence-electron chi connectivity index (χ2n) is 7.77. The van der Waals surface area contributed by atoms with Crippen molar-refractivity contribution in [2.24, 2.45) is 0 Å². The molecule has 0 fully saturated rings. The molecule has 0 aromatic heterocycles. The summed E-state index contributed by atoms with van der Waals surface area (Å²) in [7, 11) is 0. The summed E-state index contributed by atoms with van der Waals surface area (Å²) in [6, 6.07) is 14.5. The first-order valence-electron chi connectivity index (χ1n) is 11.0. The summed E-state index contributed by atoms with van der Waals surface area (Å²) in [5.41, 5.74) is 6.25. The van der Waals surface area contributed by atoms with E-state index in [2.05, 4.69) is 31.6 Å². The summed E-state index contributed by atoms with van der Waals surface area (Å²) >= 11 is 0. The maximum Gasteiger partial charge on any atom is 0.276 e. The number of hydrogen-bond donors (Lipinski definition) is 2. The van der Waals surface area contributed by atoms with Gasteiger partial charge in [-0.1, -0.05) is 64.7 Å². The Morgan fingerprint density at radius 3 is 2.29 bits per heavy atom. The molecule has 0 aliphatic rings. The number of carbonyl (C=O) groups is 2. The summed E-state index contributed by atoms with van der Waals surface area (Å²) in [6.07, 6.45) is 5.92. The molecule has 2 rings (SSSR count). The van der Waals surface area contributed by atoms with E-state index in [1.54, 1.807) is 24.3 Å². The van der Waals surface area contributed by atoms with E-state index < -0.39 is 11.8 Å². The summed E-state index contributed by atoms with van der Waals surface area (Å²) in [5.74, 6) is 0.845. The Morgan fingerprint density at radius 2 is 1.58 bits per heavy atom. The van der Waals surface area contributed by atoms with Crippen LogP contribution in [0.25, 0.3) is 0 Å². The highest BCUT2D eigenvalue weighted by atomic mass is 16.5. The van der Waals surface area contributed by atoms with Gasteiger partial charge in [0.15, 0.2) is 6.61 Å². The van der Waals surface area contributed by atoms with Crippen molar-refractivity contribution in [3.8, 4) is 11.5 Å². The molecule has 6 heteroatoms. The lowest BCUT2D eigenvalue weighted by Gasteiger charge is -2.14. The van der Waals surface area contributed by atoms with E-state index in [1.165, 1.54) is 25.7 Å². The predicted octanol–water partition coefficient (Wildman–Crippen LogP) is 5.00. The van der Waals surface area contributed by atoms with Gasteiger partial charge in [-0.15, -0.1) is 0 Å². The molecule has 6 nitrogen and oxygen atoms in total. The number of para-hydroxylation sites is 1. The molecule has 0 saturated carbocycles. The molecule has 0 atom stereocenters. The van der Waals surface area contributed by atoms with E-state index in [0.29, 0.717) is 17.9 Å². The van der Waals surface area contributed by atoms with Gasteiger partial charge in [-0.25, -0.2) is 0 Å². The van der Waals surface area contributed by atoms with Gasteiger partial charge in [0.05, 0.1) is 6.61 Å². The topological polar surface area (TPSA) is 76.7 Å². The van der Waals surface area contributed by atoms with Crippen LogP contribution in [0, 0.1) is 0 Å². The molecule has 2 N–H and O–H groups in total. The number of amides is 2. The van der Waals surface area contributed by atoms with E-state index in [4.69, 9.17) is 9.47 Å². The number of carbonyl (C=O) groups excluding carboxylic acids is 2. The Labute approximate surface area is 185 Å². The van der Waals surface area contributed by atoms with Gasteiger partial charge in [0.2, 0.25) is 0 Å². The average molecular weight is 427 g/mol. The minimum Gasteiger partial charge on any atom is -0.494 e. The molecule has 168 valence electrons. The highest BCUT2D eigenvalue weighted by Gasteiger charge is 2.11. The monoisotopic (exact) mass is 426 g/mol. The van der Waals surface area contributed by atoms with Crippen molar-refractivity contribution < 1.29 is 19.1 Å². The Morgan fingerprint density at radius 1 is 0.871 bits per heavy atom. The van der Waals surface area contributed by atoms with E-state index in [0.717, 1.165) is 17.7 Å². The smallest absolute Gasteiger partial charge is 0.276 e. The molecule has 2 aromatic carbocycles. The maximum atomic E-state index is 12.2. The number of hydrogen-bond acceptors (Lipinski definition) is 4. The molecule has 0 heterocycles. The molecular formula is C25H34N2O4. The van der Waals surface area contributed by atoms with Gasteiger partial charge in [0, 0.05) is 5.56 Å². The van der Waals surface area contributed by atoms with Crippen molar-refractivity contribution >= 4 is 11.8 Å². The number of nitrogens with one attached hydrogen (secondary N) is 2. The van der Waals surface area contributed by atoms with Crippen LogP contribution >= 0.6 is 0 Å². The summed E-state index contributed by atoms with van der Waals surface area (Å²) < 4.78 is 11.3. The molecule has 2 aromatic rings. The van der Waals surface area contributed by atoms with Crippen LogP contribution < -0.4 is 20.3 Å². The SMILES string of the molecule is CCCCCCCOc1ccc(C(=O)NNC(=O)COc2ccccc2C(C)C)cc1. The Kier molecular flexibility index (Phi) is 10.4. The maximum absolute atomic E-state index is 12.2. The predicted molar refractivity (Wildman–Crippen MR) is 122 cm³/mol. The van der Waals surface area contributed by atoms with Crippen LogP contribution in [0.1, 0.15) is 74.7 Å². The second kappa shape index (κ2) is 13.3. The molecular weight excluding hydrogens is 392 g/mol. The fourth-order valence-electron chi connectivity index (χ4n) is 3.07. The van der Waals surface area contributed by atoms with Crippen LogP contribution in [-0.4, -0.2) is 25.0 Å². The van der Waals surface area contributed by atoms with Crippen LogP contribution in [0.3, 0.4) is 0 Å². The average Bonchev–Trinajstić information content (AvgIpc) is 2.79. The van der Waals surface area contributed by atoms with Gasteiger partial charge in [-0.3, -0.25) is 20.4 Å². The van der Waals surface area contributed by atoms with Crippen molar-refractivity contribution in [3.05, 3.63) is 59.7 Å². The third-order valence-corrected chi connectivity index (χ3v) is 4.85. The van der Waals surface area contributed by atoms with E-state index in [1.807, 2.05) is 24.3 Å². The first kappa shape index (κ1) is 24.3.